The van der Waals surface area contributed by atoms with Crippen LogP contribution in [0.5, 0.6) is 0 Å². The van der Waals surface area contributed by atoms with Gasteiger partial charge in [0.05, 0.1) is 18.6 Å². The van der Waals surface area contributed by atoms with E-state index < -0.39 is 0 Å². The SMILES string of the molecule is O=C(Cn1cnccc1=O)N1N=C(c2ccco2)C[C@H]1c1cccs1. The summed E-state index contributed by atoms with van der Waals surface area (Å²) in [6.45, 7) is -0.108. The average Bonchev–Trinajstić information content (AvgIpc) is 3.36. The summed E-state index contributed by atoms with van der Waals surface area (Å²) in [5.74, 6) is 0.380. The predicted molar refractivity (Wildman–Crippen MR) is 92.3 cm³/mol. The molecule has 126 valence electrons. The van der Waals surface area contributed by atoms with Gasteiger partial charge in [-0.2, -0.15) is 5.10 Å². The number of thiophene rings is 1. The van der Waals surface area contributed by atoms with E-state index in [2.05, 4.69) is 10.1 Å². The van der Waals surface area contributed by atoms with E-state index in [0.717, 1.165) is 10.6 Å². The van der Waals surface area contributed by atoms with Crippen molar-refractivity contribution in [3.05, 3.63) is 75.5 Å². The van der Waals surface area contributed by atoms with Gasteiger partial charge in [0.25, 0.3) is 11.5 Å². The molecule has 3 aromatic rings. The third-order valence-corrected chi connectivity index (χ3v) is 4.91. The highest BCUT2D eigenvalue weighted by Crippen LogP contribution is 2.35. The lowest BCUT2D eigenvalue weighted by Gasteiger charge is -2.20. The van der Waals surface area contributed by atoms with Crippen molar-refractivity contribution in [2.45, 2.75) is 19.0 Å². The first-order chi connectivity index (χ1) is 12.2. The van der Waals surface area contributed by atoms with Crippen LogP contribution in [0.4, 0.5) is 0 Å². The van der Waals surface area contributed by atoms with Crippen molar-refractivity contribution in [2.75, 3.05) is 0 Å². The van der Waals surface area contributed by atoms with E-state index in [1.165, 1.54) is 28.2 Å². The summed E-state index contributed by atoms with van der Waals surface area (Å²) in [7, 11) is 0. The van der Waals surface area contributed by atoms with Crippen LogP contribution < -0.4 is 5.56 Å². The maximum Gasteiger partial charge on any atom is 0.263 e. The lowest BCUT2D eigenvalue weighted by Crippen LogP contribution is -2.33. The summed E-state index contributed by atoms with van der Waals surface area (Å²) >= 11 is 1.57. The second kappa shape index (κ2) is 6.48. The van der Waals surface area contributed by atoms with Crippen LogP contribution in [0, 0.1) is 0 Å². The number of aromatic nitrogens is 2. The number of carbonyl (C=O) groups is 1. The van der Waals surface area contributed by atoms with Crippen LogP contribution in [-0.2, 0) is 11.3 Å². The first kappa shape index (κ1) is 15.5. The molecule has 0 saturated heterocycles. The van der Waals surface area contributed by atoms with E-state index in [4.69, 9.17) is 4.42 Å². The van der Waals surface area contributed by atoms with Crippen molar-refractivity contribution in [3.63, 3.8) is 0 Å². The molecule has 3 aromatic heterocycles. The molecule has 0 aromatic carbocycles. The summed E-state index contributed by atoms with van der Waals surface area (Å²) in [6.07, 6.45) is 4.91. The summed E-state index contributed by atoms with van der Waals surface area (Å²) in [5.41, 5.74) is 0.445. The Balaban J connectivity index is 1.64. The van der Waals surface area contributed by atoms with Crippen molar-refractivity contribution in [2.24, 2.45) is 5.10 Å². The third-order valence-electron chi connectivity index (χ3n) is 3.94. The van der Waals surface area contributed by atoms with Crippen molar-refractivity contribution < 1.29 is 9.21 Å². The van der Waals surface area contributed by atoms with E-state index in [1.54, 1.807) is 23.7 Å². The van der Waals surface area contributed by atoms with Gasteiger partial charge in [0.15, 0.2) is 0 Å². The van der Waals surface area contributed by atoms with Crippen LogP contribution in [0.25, 0.3) is 0 Å². The van der Waals surface area contributed by atoms with E-state index in [-0.39, 0.29) is 24.1 Å². The number of amides is 1. The first-order valence-electron chi connectivity index (χ1n) is 7.69. The number of furan rings is 1. The molecule has 1 aliphatic heterocycles. The van der Waals surface area contributed by atoms with Crippen molar-refractivity contribution in [3.8, 4) is 0 Å². The van der Waals surface area contributed by atoms with E-state index >= 15 is 0 Å². The lowest BCUT2D eigenvalue weighted by molar-refractivity contribution is -0.133. The Morgan fingerprint density at radius 1 is 1.32 bits per heavy atom. The van der Waals surface area contributed by atoms with Crippen molar-refractivity contribution in [1.29, 1.82) is 0 Å². The minimum atomic E-state index is -0.273. The molecule has 0 unspecified atom stereocenters. The zero-order valence-corrected chi connectivity index (χ0v) is 13.9. The Labute approximate surface area is 146 Å². The molecule has 0 bridgehead atoms. The molecule has 25 heavy (non-hydrogen) atoms. The van der Waals surface area contributed by atoms with Gasteiger partial charge in [-0.25, -0.2) is 9.99 Å². The maximum absolute atomic E-state index is 12.8. The highest BCUT2D eigenvalue weighted by molar-refractivity contribution is 7.10. The van der Waals surface area contributed by atoms with Crippen LogP contribution in [0.15, 0.2) is 68.8 Å². The molecule has 4 rings (SSSR count). The van der Waals surface area contributed by atoms with Crippen LogP contribution in [0.3, 0.4) is 0 Å². The Hall–Kier alpha value is -3.00. The molecule has 0 fully saturated rings. The second-order valence-electron chi connectivity index (χ2n) is 5.54. The van der Waals surface area contributed by atoms with Gasteiger partial charge in [-0.3, -0.25) is 14.2 Å². The second-order valence-corrected chi connectivity index (χ2v) is 6.52. The molecular formula is C17H14N4O3S. The van der Waals surface area contributed by atoms with Crippen LogP contribution >= 0.6 is 11.3 Å². The molecule has 7 nitrogen and oxygen atoms in total. The Morgan fingerprint density at radius 2 is 2.24 bits per heavy atom. The molecule has 0 spiro atoms. The summed E-state index contributed by atoms with van der Waals surface area (Å²) in [4.78, 5) is 29.6. The van der Waals surface area contributed by atoms with Gasteiger partial charge < -0.3 is 4.42 Å². The van der Waals surface area contributed by atoms with Gasteiger partial charge >= 0.3 is 0 Å². The highest BCUT2D eigenvalue weighted by atomic mass is 32.1. The molecule has 0 saturated carbocycles. The fourth-order valence-corrected chi connectivity index (χ4v) is 3.56. The Bertz CT molecular complexity index is 960. The van der Waals surface area contributed by atoms with Gasteiger partial charge in [-0.1, -0.05) is 6.07 Å². The Kier molecular flexibility index (Phi) is 4.02. The topological polar surface area (TPSA) is 80.7 Å². The van der Waals surface area contributed by atoms with Crippen LogP contribution in [0.2, 0.25) is 0 Å². The molecular weight excluding hydrogens is 340 g/mol. The number of rotatable bonds is 4. The van der Waals surface area contributed by atoms with Crippen LogP contribution in [-0.4, -0.2) is 26.2 Å². The monoisotopic (exact) mass is 354 g/mol. The number of hydrazone groups is 1. The molecule has 1 atom stereocenters. The molecule has 0 aliphatic carbocycles. The van der Waals surface area contributed by atoms with Gasteiger partial charge in [0, 0.05) is 23.6 Å². The first-order valence-corrected chi connectivity index (χ1v) is 8.57. The third kappa shape index (κ3) is 3.03. The maximum atomic E-state index is 12.8. The molecule has 0 radical (unpaired) electrons. The molecule has 0 N–H and O–H groups in total. The number of hydrogen-bond donors (Lipinski definition) is 0. The smallest absolute Gasteiger partial charge is 0.263 e. The zero-order valence-electron chi connectivity index (χ0n) is 13.1. The highest BCUT2D eigenvalue weighted by Gasteiger charge is 2.34. The molecule has 1 amide bonds. The minimum absolute atomic E-state index is 0.108. The van der Waals surface area contributed by atoms with Gasteiger partial charge in [0.2, 0.25) is 0 Å². The number of carbonyl (C=O) groups excluding carboxylic acids is 1. The van der Waals surface area contributed by atoms with E-state index in [9.17, 15) is 9.59 Å². The van der Waals surface area contributed by atoms with Crippen molar-refractivity contribution >= 4 is 23.0 Å². The fourth-order valence-electron chi connectivity index (χ4n) is 2.75. The zero-order chi connectivity index (χ0) is 17.2. The van der Waals surface area contributed by atoms with E-state index in [1.807, 2.05) is 23.6 Å². The van der Waals surface area contributed by atoms with Crippen LogP contribution in [0.1, 0.15) is 23.1 Å². The molecule has 4 heterocycles. The fraction of sp³-hybridized carbons (Fsp3) is 0.176. The molecule has 8 heteroatoms. The Morgan fingerprint density at radius 3 is 2.96 bits per heavy atom. The lowest BCUT2D eigenvalue weighted by atomic mass is 10.1. The normalized spacial score (nSPS) is 16.9. The average molecular weight is 354 g/mol. The minimum Gasteiger partial charge on any atom is -0.463 e. The number of hydrogen-bond acceptors (Lipinski definition) is 6. The predicted octanol–water partition coefficient (Wildman–Crippen LogP) is 2.28. The van der Waals surface area contributed by atoms with Gasteiger partial charge in [-0.05, 0) is 23.6 Å². The summed E-state index contributed by atoms with van der Waals surface area (Å²) < 4.78 is 6.69. The largest absolute Gasteiger partial charge is 0.463 e. The van der Waals surface area contributed by atoms with Gasteiger partial charge in [0.1, 0.15) is 18.0 Å². The standard InChI is InChI=1S/C17H14N4O3S/c22-16-5-6-18-11-20(16)10-17(23)21-13(15-4-2-8-25-15)9-12(19-21)14-3-1-7-24-14/h1-8,11,13H,9-10H2/t13-/m0/s1. The number of nitrogens with zero attached hydrogens (tertiary/aromatic N) is 4. The van der Waals surface area contributed by atoms with Crippen molar-refractivity contribution in [1.82, 2.24) is 14.6 Å². The summed E-state index contributed by atoms with van der Waals surface area (Å²) in [5, 5.41) is 7.89. The molecule has 1 aliphatic rings. The summed E-state index contributed by atoms with van der Waals surface area (Å²) in [6, 6.07) is 8.67. The quantitative estimate of drug-likeness (QED) is 0.720. The van der Waals surface area contributed by atoms with Gasteiger partial charge in [-0.15, -0.1) is 11.3 Å². The van der Waals surface area contributed by atoms with E-state index in [0.29, 0.717) is 12.2 Å².